The van der Waals surface area contributed by atoms with Crippen molar-refractivity contribution >= 4 is 39.6 Å². The van der Waals surface area contributed by atoms with Crippen LogP contribution in [0.1, 0.15) is 0 Å². The van der Waals surface area contributed by atoms with E-state index in [9.17, 15) is 0 Å². The van der Waals surface area contributed by atoms with Crippen LogP contribution in [-0.4, -0.2) is 34.0 Å². The van der Waals surface area contributed by atoms with Gasteiger partial charge in [-0.15, -0.1) is 0 Å². The van der Waals surface area contributed by atoms with Gasteiger partial charge >= 0.3 is 0 Å². The molecule has 0 fully saturated rings. The second kappa shape index (κ2) is 6.13. The maximum Gasteiger partial charge on any atom is 0.242 e. The molecule has 100 valence electrons. The van der Waals surface area contributed by atoms with Gasteiger partial charge < -0.3 is 4.90 Å². The summed E-state index contributed by atoms with van der Waals surface area (Å²) in [6, 6.07) is 3.79. The molecule has 0 bridgehead atoms. The minimum atomic E-state index is 0.318. The monoisotopic (exact) mass is 341 g/mol. The van der Waals surface area contributed by atoms with Crippen LogP contribution < -0.4 is 16.2 Å². The van der Waals surface area contributed by atoms with Crippen LogP contribution in [0.3, 0.4) is 0 Å². The van der Waals surface area contributed by atoms with Crippen molar-refractivity contribution in [1.29, 1.82) is 0 Å². The number of hydrogen-bond donors (Lipinski definition) is 2. The van der Waals surface area contributed by atoms with E-state index in [1.54, 1.807) is 11.1 Å². The van der Waals surface area contributed by atoms with Crippen LogP contribution in [-0.2, 0) is 0 Å². The lowest BCUT2D eigenvalue weighted by molar-refractivity contribution is 0.864. The number of nitrogen functional groups attached to an aromatic ring is 1. The van der Waals surface area contributed by atoms with Crippen molar-refractivity contribution in [2.45, 2.75) is 10.2 Å². The molecule has 0 spiro atoms. The minimum absolute atomic E-state index is 0.318. The molecule has 7 nitrogen and oxygen atoms in total. The predicted molar refractivity (Wildman–Crippen MR) is 78.0 cm³/mol. The Bertz CT molecular complexity index is 560. The Labute approximate surface area is 123 Å². The van der Waals surface area contributed by atoms with E-state index in [-0.39, 0.29) is 0 Å². The summed E-state index contributed by atoms with van der Waals surface area (Å²) in [6.45, 7) is 0. The largest absolute Gasteiger partial charge is 0.347 e. The molecule has 0 atom stereocenters. The van der Waals surface area contributed by atoms with Crippen LogP contribution in [0.15, 0.2) is 33.0 Å². The van der Waals surface area contributed by atoms with Crippen LogP contribution in [0.5, 0.6) is 0 Å². The van der Waals surface area contributed by atoms with Crippen LogP contribution in [0.25, 0.3) is 0 Å². The lowest BCUT2D eigenvalue weighted by Crippen LogP contribution is -2.17. The fourth-order valence-electron chi connectivity index (χ4n) is 1.17. The summed E-state index contributed by atoms with van der Waals surface area (Å²) in [5, 5.41) is 1.32. The molecular formula is C10H12BrN7S. The molecule has 0 aliphatic carbocycles. The highest BCUT2D eigenvalue weighted by atomic mass is 79.9. The molecule has 3 N–H and O–H groups in total. The standard InChI is InChI=1S/C10H12BrN7S/c1-18(2)9-14-8(17-12)15-10(16-9)19-7-4-3-6(11)5-13-7/h3-5H,12H2,1-2H3,(H,14,15,16,17). The molecule has 19 heavy (non-hydrogen) atoms. The number of halogens is 1. The highest BCUT2D eigenvalue weighted by Gasteiger charge is 2.09. The van der Waals surface area contributed by atoms with Gasteiger partial charge in [0.2, 0.25) is 17.1 Å². The van der Waals surface area contributed by atoms with Crippen LogP contribution in [0.2, 0.25) is 0 Å². The average Bonchev–Trinajstić information content (AvgIpc) is 2.41. The molecule has 0 unspecified atom stereocenters. The molecule has 0 aliphatic rings. The van der Waals surface area contributed by atoms with Gasteiger partial charge in [-0.3, -0.25) is 5.43 Å². The number of pyridine rings is 1. The Hall–Kier alpha value is -1.45. The molecule has 0 radical (unpaired) electrons. The van der Waals surface area contributed by atoms with Gasteiger partial charge in [-0.05, 0) is 39.8 Å². The molecule has 2 rings (SSSR count). The van der Waals surface area contributed by atoms with E-state index in [0.29, 0.717) is 17.1 Å². The quantitative estimate of drug-likeness (QED) is 0.638. The fourth-order valence-corrected chi connectivity index (χ4v) is 2.09. The Morgan fingerprint density at radius 1 is 1.26 bits per heavy atom. The summed E-state index contributed by atoms with van der Waals surface area (Å²) in [7, 11) is 3.70. The zero-order chi connectivity index (χ0) is 13.8. The number of anilines is 2. The second-order valence-electron chi connectivity index (χ2n) is 3.70. The fraction of sp³-hybridized carbons (Fsp3) is 0.200. The number of nitrogens with zero attached hydrogens (tertiary/aromatic N) is 5. The van der Waals surface area contributed by atoms with Crippen LogP contribution in [0, 0.1) is 0 Å². The zero-order valence-electron chi connectivity index (χ0n) is 10.3. The molecule has 0 aromatic carbocycles. The number of nitrogens with one attached hydrogen (secondary N) is 1. The summed E-state index contributed by atoms with van der Waals surface area (Å²) >= 11 is 4.68. The Morgan fingerprint density at radius 3 is 2.63 bits per heavy atom. The molecule has 2 aromatic rings. The second-order valence-corrected chi connectivity index (χ2v) is 5.60. The lowest BCUT2D eigenvalue weighted by atomic mass is 10.5. The summed E-state index contributed by atoms with van der Waals surface area (Å²) in [6.07, 6.45) is 1.72. The van der Waals surface area contributed by atoms with E-state index in [2.05, 4.69) is 41.3 Å². The number of nitrogens with two attached hydrogens (primary N) is 1. The van der Waals surface area contributed by atoms with E-state index in [4.69, 9.17) is 5.84 Å². The van der Waals surface area contributed by atoms with E-state index in [1.165, 1.54) is 11.8 Å². The molecule has 0 saturated heterocycles. The Kier molecular flexibility index (Phi) is 4.51. The minimum Gasteiger partial charge on any atom is -0.347 e. The summed E-state index contributed by atoms with van der Waals surface area (Å²) < 4.78 is 0.922. The Morgan fingerprint density at radius 2 is 2.05 bits per heavy atom. The van der Waals surface area contributed by atoms with Crippen molar-refractivity contribution in [1.82, 2.24) is 19.9 Å². The van der Waals surface area contributed by atoms with Gasteiger partial charge in [0.15, 0.2) is 0 Å². The lowest BCUT2D eigenvalue weighted by Gasteiger charge is -2.11. The average molecular weight is 342 g/mol. The number of aromatic nitrogens is 4. The Balaban J connectivity index is 2.28. The van der Waals surface area contributed by atoms with Crippen LogP contribution in [0.4, 0.5) is 11.9 Å². The SMILES string of the molecule is CN(C)c1nc(NN)nc(Sc2ccc(Br)cn2)n1. The summed E-state index contributed by atoms with van der Waals surface area (Å²) in [5.41, 5.74) is 2.43. The molecule has 2 aromatic heterocycles. The van der Waals surface area contributed by atoms with Gasteiger partial charge in [-0.1, -0.05) is 0 Å². The molecular weight excluding hydrogens is 330 g/mol. The van der Waals surface area contributed by atoms with Crippen molar-refractivity contribution < 1.29 is 0 Å². The third-order valence-electron chi connectivity index (χ3n) is 2.03. The van der Waals surface area contributed by atoms with Crippen molar-refractivity contribution in [2.24, 2.45) is 5.84 Å². The van der Waals surface area contributed by atoms with E-state index in [1.807, 2.05) is 26.2 Å². The van der Waals surface area contributed by atoms with Crippen molar-refractivity contribution in [3.05, 3.63) is 22.8 Å². The number of hydrogen-bond acceptors (Lipinski definition) is 8. The van der Waals surface area contributed by atoms with E-state index >= 15 is 0 Å². The summed E-state index contributed by atoms with van der Waals surface area (Å²) in [5.74, 6) is 6.20. The molecule has 0 amide bonds. The number of hydrazine groups is 1. The van der Waals surface area contributed by atoms with Gasteiger partial charge in [0.05, 0.1) is 0 Å². The maximum atomic E-state index is 5.35. The molecule has 2 heterocycles. The van der Waals surface area contributed by atoms with Crippen molar-refractivity contribution in [2.75, 3.05) is 24.4 Å². The van der Waals surface area contributed by atoms with Gasteiger partial charge in [0.25, 0.3) is 0 Å². The first kappa shape index (κ1) is 14.0. The van der Waals surface area contributed by atoms with E-state index in [0.717, 1.165) is 9.50 Å². The highest BCUT2D eigenvalue weighted by molar-refractivity contribution is 9.10. The number of rotatable bonds is 4. The topological polar surface area (TPSA) is 92.9 Å². The first-order valence-corrected chi connectivity index (χ1v) is 6.89. The first-order valence-electron chi connectivity index (χ1n) is 5.28. The third kappa shape index (κ3) is 3.75. The zero-order valence-corrected chi connectivity index (χ0v) is 12.7. The van der Waals surface area contributed by atoms with Gasteiger partial charge in [0.1, 0.15) is 5.03 Å². The van der Waals surface area contributed by atoms with Gasteiger partial charge in [-0.25, -0.2) is 10.8 Å². The molecule has 0 aliphatic heterocycles. The molecule has 0 saturated carbocycles. The predicted octanol–water partition coefficient (Wildman–Crippen LogP) is 1.53. The maximum absolute atomic E-state index is 5.35. The summed E-state index contributed by atoms with van der Waals surface area (Å²) in [4.78, 5) is 18.7. The van der Waals surface area contributed by atoms with Gasteiger partial charge in [-0.2, -0.15) is 15.0 Å². The highest BCUT2D eigenvalue weighted by Crippen LogP contribution is 2.25. The van der Waals surface area contributed by atoms with Crippen LogP contribution >= 0.6 is 27.7 Å². The third-order valence-corrected chi connectivity index (χ3v) is 3.31. The van der Waals surface area contributed by atoms with E-state index < -0.39 is 0 Å². The molecule has 9 heteroatoms. The van der Waals surface area contributed by atoms with Crippen molar-refractivity contribution in [3.8, 4) is 0 Å². The smallest absolute Gasteiger partial charge is 0.242 e. The van der Waals surface area contributed by atoms with Crippen molar-refractivity contribution in [3.63, 3.8) is 0 Å². The first-order chi connectivity index (χ1) is 9.08. The van der Waals surface area contributed by atoms with Gasteiger partial charge in [0, 0.05) is 24.8 Å². The normalized spacial score (nSPS) is 10.3.